The highest BCUT2D eigenvalue weighted by Gasteiger charge is 2.16. The van der Waals surface area contributed by atoms with Crippen molar-refractivity contribution in [3.8, 4) is 11.4 Å². The van der Waals surface area contributed by atoms with Crippen LogP contribution in [0.3, 0.4) is 0 Å². The Balaban J connectivity index is 1.58. The molecule has 4 aromatic rings. The first-order chi connectivity index (χ1) is 15.3. The molecule has 2 aromatic carbocycles. The van der Waals surface area contributed by atoms with E-state index in [9.17, 15) is 4.79 Å². The fourth-order valence-electron chi connectivity index (χ4n) is 3.12. The molecule has 0 amide bonds. The Kier molecular flexibility index (Phi) is 7.17. The number of thioether (sulfide) groups is 1. The fraction of sp³-hybridized carbons (Fsp3) is 0.136. The third-order valence-electron chi connectivity index (χ3n) is 4.80. The average molecular weight is 526 g/mol. The summed E-state index contributed by atoms with van der Waals surface area (Å²) in [6.07, 6.45) is 1.72. The summed E-state index contributed by atoms with van der Waals surface area (Å²) in [5.41, 5.74) is 2.08. The van der Waals surface area contributed by atoms with Crippen molar-refractivity contribution in [3.05, 3.63) is 96.3 Å². The fourth-order valence-corrected chi connectivity index (χ4v) is 4.76. The zero-order valence-corrected chi connectivity index (χ0v) is 20.6. The van der Waals surface area contributed by atoms with Crippen molar-refractivity contribution >= 4 is 58.2 Å². The number of hydrogen-bond acceptors (Lipinski definition) is 4. The van der Waals surface area contributed by atoms with E-state index < -0.39 is 0 Å². The monoisotopic (exact) mass is 524 g/mol. The third kappa shape index (κ3) is 5.00. The Labute approximate surface area is 208 Å². The second-order valence-corrected chi connectivity index (χ2v) is 9.59. The van der Waals surface area contributed by atoms with Crippen LogP contribution in [0.5, 0.6) is 0 Å². The van der Waals surface area contributed by atoms with Crippen molar-refractivity contribution in [2.75, 3.05) is 0 Å². The highest BCUT2D eigenvalue weighted by molar-refractivity contribution is 7.98. The molecule has 0 saturated heterocycles. The lowest BCUT2D eigenvalue weighted by Crippen LogP contribution is -2.22. The Morgan fingerprint density at radius 3 is 2.50 bits per heavy atom. The molecule has 2 heterocycles. The van der Waals surface area contributed by atoms with Gasteiger partial charge in [-0.25, -0.2) is 0 Å². The zero-order valence-electron chi connectivity index (χ0n) is 16.7. The Hall–Kier alpha value is -1.96. The van der Waals surface area contributed by atoms with E-state index in [2.05, 4.69) is 10.2 Å². The molecule has 0 radical (unpaired) electrons. The van der Waals surface area contributed by atoms with Gasteiger partial charge in [0.25, 0.3) is 5.56 Å². The molecule has 164 valence electrons. The molecule has 0 aliphatic carbocycles. The second kappa shape index (κ2) is 9.89. The van der Waals surface area contributed by atoms with Crippen LogP contribution in [0.2, 0.25) is 20.1 Å². The minimum Gasteiger partial charge on any atom is -0.310 e. The predicted molar refractivity (Wildman–Crippen MR) is 132 cm³/mol. The number of benzene rings is 2. The average Bonchev–Trinajstić information content (AvgIpc) is 3.12. The van der Waals surface area contributed by atoms with Crippen LogP contribution in [-0.4, -0.2) is 19.3 Å². The van der Waals surface area contributed by atoms with E-state index in [1.807, 2.05) is 25.2 Å². The largest absolute Gasteiger partial charge is 0.310 e. The van der Waals surface area contributed by atoms with Crippen LogP contribution >= 0.6 is 58.2 Å². The topological polar surface area (TPSA) is 52.7 Å². The van der Waals surface area contributed by atoms with Crippen LogP contribution in [0.1, 0.15) is 11.1 Å². The van der Waals surface area contributed by atoms with E-state index in [4.69, 9.17) is 46.4 Å². The third-order valence-corrected chi connectivity index (χ3v) is 7.22. The van der Waals surface area contributed by atoms with E-state index in [0.29, 0.717) is 48.9 Å². The summed E-state index contributed by atoms with van der Waals surface area (Å²) >= 11 is 25.8. The Bertz CT molecular complexity index is 1350. The summed E-state index contributed by atoms with van der Waals surface area (Å²) in [6.45, 7) is 0.319. The molecule has 0 aliphatic heterocycles. The van der Waals surface area contributed by atoms with Crippen molar-refractivity contribution in [3.63, 3.8) is 0 Å². The first-order valence-corrected chi connectivity index (χ1v) is 11.9. The highest BCUT2D eigenvalue weighted by atomic mass is 35.5. The molecule has 0 spiro atoms. The number of hydrogen-bond donors (Lipinski definition) is 0. The van der Waals surface area contributed by atoms with Crippen LogP contribution in [-0.2, 0) is 19.3 Å². The smallest absolute Gasteiger partial charge is 0.261 e. The van der Waals surface area contributed by atoms with Gasteiger partial charge in [0.05, 0.1) is 22.2 Å². The van der Waals surface area contributed by atoms with Gasteiger partial charge in [0.2, 0.25) is 0 Å². The lowest BCUT2D eigenvalue weighted by atomic mass is 10.2. The quantitative estimate of drug-likeness (QED) is 0.266. The van der Waals surface area contributed by atoms with Crippen LogP contribution in [0.15, 0.2) is 64.7 Å². The van der Waals surface area contributed by atoms with Crippen molar-refractivity contribution in [2.24, 2.45) is 7.05 Å². The van der Waals surface area contributed by atoms with Crippen LogP contribution in [0.25, 0.3) is 11.4 Å². The minimum absolute atomic E-state index is 0.185. The molecule has 0 unspecified atom stereocenters. The molecule has 4 rings (SSSR count). The maximum absolute atomic E-state index is 13.1. The lowest BCUT2D eigenvalue weighted by Gasteiger charge is -2.10. The van der Waals surface area contributed by atoms with Crippen molar-refractivity contribution in [2.45, 2.75) is 17.5 Å². The van der Waals surface area contributed by atoms with Gasteiger partial charge in [-0.1, -0.05) is 70.3 Å². The first-order valence-electron chi connectivity index (χ1n) is 9.43. The molecule has 10 heteroatoms. The standard InChI is InChI=1S/C22H16Cl4N4OS/c1-29-20(27-28-22(29)32-12-13-4-7-17(24)19(26)9-13)16-3-2-8-30(21(16)31)11-14-5-6-15(23)10-18(14)25/h2-10H,11-12H2,1H3. The van der Waals surface area contributed by atoms with Crippen molar-refractivity contribution in [1.29, 1.82) is 0 Å². The molecule has 0 aliphatic rings. The Morgan fingerprint density at radius 1 is 0.938 bits per heavy atom. The molecule has 0 saturated carbocycles. The molecule has 2 aromatic heterocycles. The molecule has 32 heavy (non-hydrogen) atoms. The van der Waals surface area contributed by atoms with Gasteiger partial charge in [-0.05, 0) is 47.5 Å². The summed E-state index contributed by atoms with van der Waals surface area (Å²) in [6, 6.07) is 14.3. The van der Waals surface area contributed by atoms with E-state index >= 15 is 0 Å². The van der Waals surface area contributed by atoms with Crippen molar-refractivity contribution < 1.29 is 0 Å². The number of aromatic nitrogens is 4. The zero-order chi connectivity index (χ0) is 22.8. The summed E-state index contributed by atoms with van der Waals surface area (Å²) in [7, 11) is 1.83. The summed E-state index contributed by atoms with van der Waals surface area (Å²) in [5.74, 6) is 1.12. The first kappa shape index (κ1) is 23.2. The molecule has 0 atom stereocenters. The summed E-state index contributed by atoms with van der Waals surface area (Å²) in [5, 5.41) is 11.3. The van der Waals surface area contributed by atoms with Gasteiger partial charge in [-0.2, -0.15) is 0 Å². The molecule has 0 N–H and O–H groups in total. The minimum atomic E-state index is -0.185. The molecular formula is C22H16Cl4N4OS. The van der Waals surface area contributed by atoms with E-state index in [1.165, 1.54) is 11.8 Å². The van der Waals surface area contributed by atoms with Gasteiger partial charge in [0.15, 0.2) is 11.0 Å². The van der Waals surface area contributed by atoms with E-state index in [1.54, 1.807) is 45.7 Å². The molecule has 0 fully saturated rings. The number of pyridine rings is 1. The van der Waals surface area contributed by atoms with Crippen molar-refractivity contribution in [1.82, 2.24) is 19.3 Å². The SMILES string of the molecule is Cn1c(SCc2ccc(Cl)c(Cl)c2)nnc1-c1cccn(Cc2ccc(Cl)cc2Cl)c1=O. The molecule has 5 nitrogen and oxygen atoms in total. The summed E-state index contributed by atoms with van der Waals surface area (Å²) < 4.78 is 3.39. The number of nitrogens with zero attached hydrogens (tertiary/aromatic N) is 4. The predicted octanol–water partition coefficient (Wildman–Crippen LogP) is 6.60. The van der Waals surface area contributed by atoms with Gasteiger partial charge >= 0.3 is 0 Å². The second-order valence-electron chi connectivity index (χ2n) is 6.99. The van der Waals surface area contributed by atoms with Gasteiger partial charge in [0, 0.05) is 29.0 Å². The van der Waals surface area contributed by atoms with Gasteiger partial charge in [-0.3, -0.25) is 4.79 Å². The van der Waals surface area contributed by atoms with Crippen LogP contribution in [0.4, 0.5) is 0 Å². The van der Waals surface area contributed by atoms with Gasteiger partial charge in [0.1, 0.15) is 0 Å². The van der Waals surface area contributed by atoms with Gasteiger partial charge < -0.3 is 9.13 Å². The van der Waals surface area contributed by atoms with Crippen LogP contribution < -0.4 is 5.56 Å². The molecular weight excluding hydrogens is 510 g/mol. The summed E-state index contributed by atoms with van der Waals surface area (Å²) in [4.78, 5) is 13.1. The Morgan fingerprint density at radius 2 is 1.75 bits per heavy atom. The van der Waals surface area contributed by atoms with E-state index in [0.717, 1.165) is 11.1 Å². The highest BCUT2D eigenvalue weighted by Crippen LogP contribution is 2.28. The van der Waals surface area contributed by atoms with Gasteiger partial charge in [-0.15, -0.1) is 10.2 Å². The maximum atomic E-state index is 13.1. The van der Waals surface area contributed by atoms with E-state index in [-0.39, 0.29) is 5.56 Å². The maximum Gasteiger partial charge on any atom is 0.261 e. The number of halogens is 4. The lowest BCUT2D eigenvalue weighted by molar-refractivity contribution is 0.754. The number of rotatable bonds is 6. The van der Waals surface area contributed by atoms with Crippen LogP contribution in [0, 0.1) is 0 Å². The molecule has 0 bridgehead atoms. The normalized spacial score (nSPS) is 11.2.